The normalized spacial score (nSPS) is 17.9. The van der Waals surface area contributed by atoms with E-state index < -0.39 is 0 Å². The fourth-order valence-corrected chi connectivity index (χ4v) is 3.23. The van der Waals surface area contributed by atoms with Crippen molar-refractivity contribution in [1.82, 2.24) is 0 Å². The molecule has 1 nitrogen and oxygen atoms in total. The van der Waals surface area contributed by atoms with E-state index in [4.69, 9.17) is 0 Å². The summed E-state index contributed by atoms with van der Waals surface area (Å²) >= 11 is 0. The average molecular weight is 244 g/mol. The summed E-state index contributed by atoms with van der Waals surface area (Å²) in [4.78, 5) is 12.6. The molecular formula is C17H24O. The van der Waals surface area contributed by atoms with E-state index in [9.17, 15) is 4.79 Å². The third-order valence-electron chi connectivity index (χ3n) is 4.68. The summed E-state index contributed by atoms with van der Waals surface area (Å²) in [7, 11) is 0. The van der Waals surface area contributed by atoms with Crippen molar-refractivity contribution in [3.63, 3.8) is 0 Å². The molecule has 0 amide bonds. The lowest BCUT2D eigenvalue weighted by atomic mass is 9.76. The van der Waals surface area contributed by atoms with Gasteiger partial charge in [-0.15, -0.1) is 0 Å². The molecule has 2 rings (SSSR count). The lowest BCUT2D eigenvalue weighted by Crippen LogP contribution is -2.29. The highest BCUT2D eigenvalue weighted by Gasteiger charge is 2.38. The van der Waals surface area contributed by atoms with Crippen molar-refractivity contribution < 1.29 is 4.79 Å². The van der Waals surface area contributed by atoms with Gasteiger partial charge in [-0.05, 0) is 44.2 Å². The summed E-state index contributed by atoms with van der Waals surface area (Å²) in [5.41, 5.74) is 3.72. The van der Waals surface area contributed by atoms with Gasteiger partial charge in [0.2, 0.25) is 0 Å². The molecule has 98 valence electrons. The van der Waals surface area contributed by atoms with Gasteiger partial charge in [-0.1, -0.05) is 43.5 Å². The van der Waals surface area contributed by atoms with Crippen molar-refractivity contribution in [3.05, 3.63) is 34.9 Å². The van der Waals surface area contributed by atoms with E-state index in [1.165, 1.54) is 29.5 Å². The van der Waals surface area contributed by atoms with Gasteiger partial charge < -0.3 is 0 Å². The first-order valence-corrected chi connectivity index (χ1v) is 7.17. The molecule has 1 aliphatic rings. The number of benzene rings is 1. The molecule has 18 heavy (non-hydrogen) atoms. The molecule has 1 aromatic rings. The topological polar surface area (TPSA) is 17.1 Å². The molecule has 0 unspecified atom stereocenters. The molecule has 0 spiro atoms. The first kappa shape index (κ1) is 13.3. The van der Waals surface area contributed by atoms with Gasteiger partial charge >= 0.3 is 0 Å². The highest BCUT2D eigenvalue weighted by molar-refractivity contribution is 5.87. The van der Waals surface area contributed by atoms with Crippen LogP contribution >= 0.6 is 0 Å². The molecule has 1 saturated carbocycles. The Morgan fingerprint density at radius 1 is 1.22 bits per heavy atom. The van der Waals surface area contributed by atoms with E-state index in [1.807, 2.05) is 0 Å². The van der Waals surface area contributed by atoms with Crippen LogP contribution in [0.15, 0.2) is 18.2 Å². The van der Waals surface area contributed by atoms with Crippen LogP contribution in [0.4, 0.5) is 0 Å². The van der Waals surface area contributed by atoms with Gasteiger partial charge in [0.25, 0.3) is 0 Å². The van der Waals surface area contributed by atoms with Crippen LogP contribution in [0.2, 0.25) is 0 Å². The zero-order valence-electron chi connectivity index (χ0n) is 11.9. The van der Waals surface area contributed by atoms with Crippen LogP contribution in [0.1, 0.15) is 55.7 Å². The predicted octanol–water partition coefficient (Wildman–Crippen LogP) is 4.39. The molecule has 1 heteroatoms. The number of carbonyl (C=O) groups excluding carboxylic acids is 1. The molecule has 0 aromatic heterocycles. The van der Waals surface area contributed by atoms with Gasteiger partial charge in [-0.2, -0.15) is 0 Å². The fraction of sp³-hybridized carbons (Fsp3) is 0.588. The Hall–Kier alpha value is -1.11. The van der Waals surface area contributed by atoms with Crippen LogP contribution in [-0.4, -0.2) is 5.78 Å². The Kier molecular flexibility index (Phi) is 3.89. The van der Waals surface area contributed by atoms with Crippen LogP contribution in [0, 0.1) is 19.3 Å². The molecule has 0 N–H and O–H groups in total. The summed E-state index contributed by atoms with van der Waals surface area (Å²) < 4.78 is 0. The van der Waals surface area contributed by atoms with Crippen LogP contribution in [0.3, 0.4) is 0 Å². The molecule has 0 aliphatic heterocycles. The number of hydrogen-bond donors (Lipinski definition) is 0. The summed E-state index contributed by atoms with van der Waals surface area (Å²) in [6.07, 6.45) is 6.30. The van der Waals surface area contributed by atoms with Crippen molar-refractivity contribution in [3.8, 4) is 0 Å². The molecule has 0 saturated heterocycles. The molecule has 0 heterocycles. The summed E-state index contributed by atoms with van der Waals surface area (Å²) in [5.74, 6) is 0.469. The molecule has 1 aromatic carbocycles. The van der Waals surface area contributed by atoms with E-state index in [0.29, 0.717) is 12.2 Å². The Morgan fingerprint density at radius 3 is 2.50 bits per heavy atom. The molecule has 1 aliphatic carbocycles. The molecule has 0 radical (unpaired) electrons. The van der Waals surface area contributed by atoms with Crippen LogP contribution in [-0.2, 0) is 11.2 Å². The van der Waals surface area contributed by atoms with E-state index in [0.717, 1.165) is 19.3 Å². The minimum absolute atomic E-state index is 0.00378. The maximum absolute atomic E-state index is 12.6. The van der Waals surface area contributed by atoms with Crippen LogP contribution in [0.25, 0.3) is 0 Å². The second-order valence-corrected chi connectivity index (χ2v) is 5.87. The number of ketones is 1. The van der Waals surface area contributed by atoms with Gasteiger partial charge in [-0.3, -0.25) is 4.79 Å². The molecule has 1 fully saturated rings. The number of rotatable bonds is 4. The summed E-state index contributed by atoms with van der Waals surface area (Å²) in [5, 5.41) is 0. The van der Waals surface area contributed by atoms with Crippen molar-refractivity contribution in [1.29, 1.82) is 0 Å². The van der Waals surface area contributed by atoms with Crippen molar-refractivity contribution in [2.45, 2.75) is 59.3 Å². The van der Waals surface area contributed by atoms with E-state index in [2.05, 4.69) is 39.0 Å². The first-order valence-electron chi connectivity index (χ1n) is 7.17. The monoisotopic (exact) mass is 244 g/mol. The quantitative estimate of drug-likeness (QED) is 0.768. The lowest BCUT2D eigenvalue weighted by molar-refractivity contribution is -0.128. The second-order valence-electron chi connectivity index (χ2n) is 5.87. The summed E-state index contributed by atoms with van der Waals surface area (Å²) in [6.45, 7) is 6.38. The third kappa shape index (κ3) is 2.50. The smallest absolute Gasteiger partial charge is 0.143 e. The summed E-state index contributed by atoms with van der Waals surface area (Å²) in [6, 6.07) is 6.42. The maximum atomic E-state index is 12.6. The minimum atomic E-state index is -0.00378. The minimum Gasteiger partial charge on any atom is -0.299 e. The van der Waals surface area contributed by atoms with Crippen molar-refractivity contribution in [2.24, 2.45) is 5.41 Å². The Labute approximate surface area is 111 Å². The highest BCUT2D eigenvalue weighted by Crippen LogP contribution is 2.42. The zero-order valence-corrected chi connectivity index (χ0v) is 11.9. The predicted molar refractivity (Wildman–Crippen MR) is 75.8 cm³/mol. The van der Waals surface area contributed by atoms with Gasteiger partial charge in [0, 0.05) is 11.8 Å². The number of hydrogen-bond acceptors (Lipinski definition) is 1. The Morgan fingerprint density at radius 2 is 1.89 bits per heavy atom. The standard InChI is InChI=1S/C17H24O/c1-4-17(9-5-6-10-17)16(18)12-15-11-13(2)7-8-14(15)3/h7-8,11H,4-6,9-10,12H2,1-3H3. The third-order valence-corrected chi connectivity index (χ3v) is 4.68. The van der Waals surface area contributed by atoms with Crippen LogP contribution < -0.4 is 0 Å². The molecular weight excluding hydrogens is 220 g/mol. The van der Waals surface area contributed by atoms with E-state index in [1.54, 1.807) is 0 Å². The number of aryl methyl sites for hydroxylation is 2. The van der Waals surface area contributed by atoms with Gasteiger partial charge in [0.05, 0.1) is 0 Å². The SMILES string of the molecule is CCC1(C(=O)Cc2cc(C)ccc2C)CCCC1. The second kappa shape index (κ2) is 5.26. The zero-order chi connectivity index (χ0) is 13.2. The largest absolute Gasteiger partial charge is 0.299 e. The van der Waals surface area contributed by atoms with Gasteiger partial charge in [0.15, 0.2) is 0 Å². The van der Waals surface area contributed by atoms with Crippen molar-refractivity contribution >= 4 is 5.78 Å². The van der Waals surface area contributed by atoms with E-state index >= 15 is 0 Å². The number of Topliss-reactive ketones (excluding diaryl/α,β-unsaturated/α-hetero) is 1. The molecule has 0 bridgehead atoms. The highest BCUT2D eigenvalue weighted by atomic mass is 16.1. The van der Waals surface area contributed by atoms with Gasteiger partial charge in [-0.25, -0.2) is 0 Å². The van der Waals surface area contributed by atoms with E-state index in [-0.39, 0.29) is 5.41 Å². The Bertz CT molecular complexity index is 439. The van der Waals surface area contributed by atoms with Gasteiger partial charge in [0.1, 0.15) is 5.78 Å². The van der Waals surface area contributed by atoms with Crippen molar-refractivity contribution in [2.75, 3.05) is 0 Å². The average Bonchev–Trinajstić information content (AvgIpc) is 2.84. The Balaban J connectivity index is 2.18. The fourth-order valence-electron chi connectivity index (χ4n) is 3.23. The maximum Gasteiger partial charge on any atom is 0.143 e. The molecule has 0 atom stereocenters. The lowest BCUT2D eigenvalue weighted by Gasteiger charge is -2.26. The number of carbonyl (C=O) groups is 1. The van der Waals surface area contributed by atoms with Crippen LogP contribution in [0.5, 0.6) is 0 Å². The first-order chi connectivity index (χ1) is 8.57.